The van der Waals surface area contributed by atoms with Gasteiger partial charge in [-0.1, -0.05) is 48.5 Å². The molecule has 1 aliphatic heterocycles. The van der Waals surface area contributed by atoms with Gasteiger partial charge in [0.25, 0.3) is 0 Å². The molecule has 1 atom stereocenters. The SMILES string of the molecule is O=C(CN1CC[C@H](c2ccccc2)C1)NCCc1cnn(-c2ccccc2)c1. The van der Waals surface area contributed by atoms with Crippen LogP contribution in [0.1, 0.15) is 23.5 Å². The molecular formula is C23H26N4O. The molecule has 2 heterocycles. The summed E-state index contributed by atoms with van der Waals surface area (Å²) in [5, 5.41) is 7.44. The summed E-state index contributed by atoms with van der Waals surface area (Å²) in [5.41, 5.74) is 3.54. The fraction of sp³-hybridized carbons (Fsp3) is 0.304. The highest BCUT2D eigenvalue weighted by molar-refractivity contribution is 5.78. The predicted molar refractivity (Wildman–Crippen MR) is 111 cm³/mol. The third-order valence-electron chi connectivity index (χ3n) is 5.30. The Morgan fingerprint density at radius 1 is 1.07 bits per heavy atom. The van der Waals surface area contributed by atoms with Crippen LogP contribution in [-0.4, -0.2) is 46.8 Å². The maximum absolute atomic E-state index is 12.3. The first-order valence-electron chi connectivity index (χ1n) is 9.91. The number of nitrogens with one attached hydrogen (secondary N) is 1. The van der Waals surface area contributed by atoms with Crippen molar-refractivity contribution < 1.29 is 4.79 Å². The molecule has 28 heavy (non-hydrogen) atoms. The van der Waals surface area contributed by atoms with E-state index in [2.05, 4.69) is 39.6 Å². The minimum Gasteiger partial charge on any atom is -0.355 e. The molecule has 0 radical (unpaired) electrons. The Morgan fingerprint density at radius 3 is 2.61 bits per heavy atom. The van der Waals surface area contributed by atoms with E-state index in [0.29, 0.717) is 19.0 Å². The van der Waals surface area contributed by atoms with E-state index >= 15 is 0 Å². The van der Waals surface area contributed by atoms with Crippen LogP contribution in [0.3, 0.4) is 0 Å². The van der Waals surface area contributed by atoms with Crippen LogP contribution in [0.2, 0.25) is 0 Å². The first kappa shape index (κ1) is 18.4. The summed E-state index contributed by atoms with van der Waals surface area (Å²) in [6.07, 6.45) is 5.79. The second-order valence-electron chi connectivity index (χ2n) is 7.36. The van der Waals surface area contributed by atoms with Crippen LogP contribution in [0.4, 0.5) is 0 Å². The largest absolute Gasteiger partial charge is 0.355 e. The van der Waals surface area contributed by atoms with Gasteiger partial charge in [0.1, 0.15) is 0 Å². The first-order chi connectivity index (χ1) is 13.8. The first-order valence-corrected chi connectivity index (χ1v) is 9.91. The van der Waals surface area contributed by atoms with Crippen LogP contribution in [0.15, 0.2) is 73.1 Å². The lowest BCUT2D eigenvalue weighted by Gasteiger charge is -2.15. The number of hydrogen-bond acceptors (Lipinski definition) is 3. The fourth-order valence-corrected chi connectivity index (χ4v) is 3.79. The maximum atomic E-state index is 12.3. The molecule has 1 amide bonds. The van der Waals surface area contributed by atoms with Gasteiger partial charge in [-0.15, -0.1) is 0 Å². The lowest BCUT2D eigenvalue weighted by molar-refractivity contribution is -0.121. The lowest BCUT2D eigenvalue weighted by Crippen LogP contribution is -2.36. The summed E-state index contributed by atoms with van der Waals surface area (Å²) < 4.78 is 1.87. The highest BCUT2D eigenvalue weighted by Crippen LogP contribution is 2.26. The molecule has 0 aliphatic carbocycles. The molecule has 1 aliphatic rings. The van der Waals surface area contributed by atoms with E-state index in [9.17, 15) is 4.79 Å². The third kappa shape index (κ3) is 4.67. The quantitative estimate of drug-likeness (QED) is 0.692. The Bertz CT molecular complexity index is 891. The van der Waals surface area contributed by atoms with Crippen LogP contribution in [0.25, 0.3) is 5.69 Å². The fourth-order valence-electron chi connectivity index (χ4n) is 3.79. The summed E-state index contributed by atoms with van der Waals surface area (Å²) in [6, 6.07) is 20.6. The molecule has 5 nitrogen and oxygen atoms in total. The number of nitrogens with zero attached hydrogens (tertiary/aromatic N) is 3. The van der Waals surface area contributed by atoms with E-state index in [4.69, 9.17) is 0 Å². The van der Waals surface area contributed by atoms with Gasteiger partial charge in [0, 0.05) is 19.3 Å². The number of para-hydroxylation sites is 1. The van der Waals surface area contributed by atoms with Gasteiger partial charge in [0.05, 0.1) is 18.4 Å². The Hall–Kier alpha value is -2.92. The van der Waals surface area contributed by atoms with Crippen LogP contribution in [-0.2, 0) is 11.2 Å². The van der Waals surface area contributed by atoms with Crippen molar-refractivity contribution in [2.45, 2.75) is 18.8 Å². The second-order valence-corrected chi connectivity index (χ2v) is 7.36. The maximum Gasteiger partial charge on any atom is 0.234 e. The molecule has 0 saturated carbocycles. The van der Waals surface area contributed by atoms with Crippen molar-refractivity contribution in [3.05, 3.63) is 84.2 Å². The number of likely N-dealkylation sites (tertiary alicyclic amines) is 1. The van der Waals surface area contributed by atoms with Crippen molar-refractivity contribution in [3.63, 3.8) is 0 Å². The Balaban J connectivity index is 1.20. The molecule has 5 heteroatoms. The van der Waals surface area contributed by atoms with Crippen molar-refractivity contribution in [2.75, 3.05) is 26.2 Å². The second kappa shape index (κ2) is 8.85. The van der Waals surface area contributed by atoms with Gasteiger partial charge >= 0.3 is 0 Å². The van der Waals surface area contributed by atoms with Crippen molar-refractivity contribution >= 4 is 5.91 Å². The molecule has 4 rings (SSSR count). The van der Waals surface area contributed by atoms with Gasteiger partial charge in [-0.25, -0.2) is 4.68 Å². The molecule has 1 fully saturated rings. The van der Waals surface area contributed by atoms with Crippen LogP contribution in [0.5, 0.6) is 0 Å². The monoisotopic (exact) mass is 374 g/mol. The van der Waals surface area contributed by atoms with Gasteiger partial charge in [-0.3, -0.25) is 9.69 Å². The summed E-state index contributed by atoms with van der Waals surface area (Å²) in [4.78, 5) is 14.5. The van der Waals surface area contributed by atoms with Gasteiger partial charge in [0.2, 0.25) is 5.91 Å². The molecule has 144 valence electrons. The van der Waals surface area contributed by atoms with E-state index in [-0.39, 0.29) is 5.91 Å². The summed E-state index contributed by atoms with van der Waals surface area (Å²) in [7, 11) is 0. The molecule has 0 unspecified atom stereocenters. The minimum atomic E-state index is 0.101. The van der Waals surface area contributed by atoms with E-state index < -0.39 is 0 Å². The van der Waals surface area contributed by atoms with Crippen LogP contribution in [0, 0.1) is 0 Å². The smallest absolute Gasteiger partial charge is 0.234 e. The number of aromatic nitrogens is 2. The van der Waals surface area contributed by atoms with E-state index in [1.807, 2.05) is 53.5 Å². The molecular weight excluding hydrogens is 348 g/mol. The zero-order valence-electron chi connectivity index (χ0n) is 16.0. The van der Waals surface area contributed by atoms with Gasteiger partial charge in [-0.2, -0.15) is 5.10 Å². The number of benzene rings is 2. The van der Waals surface area contributed by atoms with Gasteiger partial charge < -0.3 is 5.32 Å². The molecule has 0 spiro atoms. The lowest BCUT2D eigenvalue weighted by atomic mass is 9.99. The van der Waals surface area contributed by atoms with Crippen molar-refractivity contribution in [1.82, 2.24) is 20.0 Å². The van der Waals surface area contributed by atoms with E-state index in [0.717, 1.165) is 37.2 Å². The Morgan fingerprint density at radius 2 is 1.82 bits per heavy atom. The molecule has 1 saturated heterocycles. The van der Waals surface area contributed by atoms with Crippen LogP contribution >= 0.6 is 0 Å². The van der Waals surface area contributed by atoms with E-state index in [1.165, 1.54) is 5.56 Å². The average molecular weight is 374 g/mol. The molecule has 1 N–H and O–H groups in total. The van der Waals surface area contributed by atoms with Crippen molar-refractivity contribution in [1.29, 1.82) is 0 Å². The Labute approximate surface area is 166 Å². The van der Waals surface area contributed by atoms with Crippen molar-refractivity contribution in [2.24, 2.45) is 0 Å². The number of amides is 1. The molecule has 3 aromatic rings. The number of carbonyl (C=O) groups excluding carboxylic acids is 1. The van der Waals surface area contributed by atoms with Crippen molar-refractivity contribution in [3.8, 4) is 5.69 Å². The number of hydrogen-bond donors (Lipinski definition) is 1. The standard InChI is InChI=1S/C23H26N4O/c28-23(18-26-14-12-21(17-26)20-7-3-1-4-8-20)24-13-11-19-15-25-27(16-19)22-9-5-2-6-10-22/h1-10,15-16,21H,11-14,17-18H2,(H,24,28)/t21-/m0/s1. The zero-order valence-corrected chi connectivity index (χ0v) is 16.0. The highest BCUT2D eigenvalue weighted by Gasteiger charge is 2.24. The van der Waals surface area contributed by atoms with E-state index in [1.54, 1.807) is 0 Å². The third-order valence-corrected chi connectivity index (χ3v) is 5.30. The van der Waals surface area contributed by atoms with Crippen LogP contribution < -0.4 is 5.32 Å². The van der Waals surface area contributed by atoms with Gasteiger partial charge in [-0.05, 0) is 48.6 Å². The minimum absolute atomic E-state index is 0.101. The molecule has 0 bridgehead atoms. The Kier molecular flexibility index (Phi) is 5.83. The zero-order chi connectivity index (χ0) is 19.2. The van der Waals surface area contributed by atoms with Gasteiger partial charge in [0.15, 0.2) is 0 Å². The topological polar surface area (TPSA) is 50.2 Å². The highest BCUT2D eigenvalue weighted by atomic mass is 16.2. The summed E-state index contributed by atoms with van der Waals surface area (Å²) in [6.45, 7) is 3.06. The predicted octanol–water partition coefficient (Wildman–Crippen LogP) is 3.02. The number of carbonyl (C=O) groups is 1. The normalized spacial score (nSPS) is 16.9. The average Bonchev–Trinajstić information content (AvgIpc) is 3.39. The molecule has 1 aromatic heterocycles. The summed E-state index contributed by atoms with van der Waals surface area (Å²) in [5.74, 6) is 0.641. The number of rotatable bonds is 7. The molecule has 2 aromatic carbocycles. The summed E-state index contributed by atoms with van der Waals surface area (Å²) >= 11 is 0.